The molecule has 0 unspecified atom stereocenters. The first-order valence-electron chi connectivity index (χ1n) is 4.31. The van der Waals surface area contributed by atoms with E-state index in [1.54, 1.807) is 0 Å². The zero-order valence-corrected chi connectivity index (χ0v) is 11.7. The molecule has 0 rings (SSSR count). The Hall–Kier alpha value is 0.594. The van der Waals surface area contributed by atoms with E-state index in [-0.39, 0.29) is 29.1 Å². The molecule has 0 spiro atoms. The van der Waals surface area contributed by atoms with Gasteiger partial charge in [-0.1, -0.05) is 13.3 Å². The Morgan fingerprint density at radius 1 is 1.07 bits per heavy atom. The summed E-state index contributed by atoms with van der Waals surface area (Å²) in [5.74, 6) is 0. The average molecular weight is 241 g/mol. The van der Waals surface area contributed by atoms with Crippen LogP contribution in [0.15, 0.2) is 0 Å². The van der Waals surface area contributed by atoms with Crippen molar-refractivity contribution in [3.05, 3.63) is 14.4 Å². The van der Waals surface area contributed by atoms with E-state index >= 15 is 0 Å². The van der Waals surface area contributed by atoms with E-state index in [1.807, 2.05) is 0 Å². The van der Waals surface area contributed by atoms with Crippen LogP contribution in [0.1, 0.15) is 26.2 Å². The van der Waals surface area contributed by atoms with Gasteiger partial charge in [-0.2, -0.15) is 6.42 Å². The van der Waals surface area contributed by atoms with Crippen LogP contribution in [0.2, 0.25) is 0 Å². The van der Waals surface area contributed by atoms with Gasteiger partial charge in [-0.15, -0.1) is 0 Å². The summed E-state index contributed by atoms with van der Waals surface area (Å²) in [5, 5.41) is 17.3. The fraction of sp³-hybridized carbons (Fsp3) is 0.800. The van der Waals surface area contributed by atoms with Gasteiger partial charge < -0.3 is 29.9 Å². The molecule has 0 saturated heterocycles. The molecule has 4 heteroatoms. The topological polar surface area (TPSA) is 52.5 Å². The van der Waals surface area contributed by atoms with Crippen LogP contribution >= 0.6 is 0 Å². The molecule has 0 aliphatic heterocycles. The van der Waals surface area contributed by atoms with Gasteiger partial charge in [-0.25, -0.2) is 0 Å². The number of aliphatic hydroxyl groups is 2. The Morgan fingerprint density at radius 3 is 1.79 bits per heavy atom. The number of nitrogens with one attached hydrogen (secondary N) is 1. The van der Waals surface area contributed by atoms with Crippen molar-refractivity contribution in [2.24, 2.45) is 0 Å². The maximum Gasteiger partial charge on any atom is 2.00 e. The van der Waals surface area contributed by atoms with E-state index < -0.39 is 0 Å². The predicted molar refractivity (Wildman–Crippen MR) is 60.5 cm³/mol. The van der Waals surface area contributed by atoms with Gasteiger partial charge >= 0.3 is 21.7 Å². The van der Waals surface area contributed by atoms with Crippen molar-refractivity contribution in [1.82, 2.24) is 5.32 Å². The van der Waals surface area contributed by atoms with Crippen LogP contribution in [0.25, 0.3) is 0 Å². The van der Waals surface area contributed by atoms with E-state index in [1.165, 1.54) is 12.8 Å². The van der Waals surface area contributed by atoms with Crippen LogP contribution in [0.5, 0.6) is 0 Å². The summed E-state index contributed by atoms with van der Waals surface area (Å²) in [5.41, 5.74) is 0. The van der Waals surface area contributed by atoms with Crippen molar-refractivity contribution in [2.75, 3.05) is 27.3 Å². The first kappa shape index (κ1) is 29.3. The fourth-order valence-corrected chi connectivity index (χ4v) is 0.552. The monoisotopic (exact) mass is 241 g/mol. The van der Waals surface area contributed by atoms with Crippen LogP contribution in [-0.4, -0.2) is 37.5 Å². The predicted octanol–water partition coefficient (Wildman–Crippen LogP) is 1.27. The Morgan fingerprint density at radius 2 is 1.50 bits per heavy atom. The molecule has 0 aliphatic carbocycles. The summed E-state index contributed by atoms with van der Waals surface area (Å²) in [6.45, 7) is 8.15. The molecule has 0 atom stereocenters. The summed E-state index contributed by atoms with van der Waals surface area (Å²) in [7, 11) is 2.00. The molecule has 0 aromatic rings. The fourth-order valence-electron chi connectivity index (χ4n) is 0.552. The molecule has 0 saturated carbocycles. The smallest absolute Gasteiger partial charge is 0.400 e. The van der Waals surface area contributed by atoms with Gasteiger partial charge in [0.1, 0.15) is 0 Å². The summed E-state index contributed by atoms with van der Waals surface area (Å²) in [6.07, 6.45) is 3.58. The standard InChI is InChI=1S/C7H16N.2CH4O.CH3.Ti/c1-3-5-7-8-6-4-2;2*1-2;;/h8H,2-7H2,1H3;2*2H,1H3;1H3;/q-1;;;-1;+2. The molecule has 0 radical (unpaired) electrons. The Labute approximate surface area is 105 Å². The number of hydrogen-bond donors (Lipinski definition) is 3. The minimum absolute atomic E-state index is 0. The van der Waals surface area contributed by atoms with Crippen molar-refractivity contribution < 1.29 is 31.9 Å². The van der Waals surface area contributed by atoms with Gasteiger partial charge in [-0.05, 0) is 19.5 Å². The van der Waals surface area contributed by atoms with E-state index in [4.69, 9.17) is 10.2 Å². The van der Waals surface area contributed by atoms with Gasteiger partial charge in [0.25, 0.3) is 0 Å². The maximum atomic E-state index is 7.00. The quantitative estimate of drug-likeness (QED) is 0.386. The van der Waals surface area contributed by atoms with Crippen molar-refractivity contribution in [3.63, 3.8) is 0 Å². The van der Waals surface area contributed by atoms with Gasteiger partial charge in [0.15, 0.2) is 0 Å². The molecule has 0 bridgehead atoms. The second-order valence-electron chi connectivity index (χ2n) is 1.96. The average Bonchev–Trinajstić information content (AvgIpc) is 2.19. The third-order valence-electron chi connectivity index (χ3n) is 1.06. The van der Waals surface area contributed by atoms with Gasteiger partial charge in [-0.3, -0.25) is 0 Å². The first-order chi connectivity index (χ1) is 5.91. The number of hydrogen-bond acceptors (Lipinski definition) is 3. The molecule has 0 amide bonds. The van der Waals surface area contributed by atoms with Crippen LogP contribution in [-0.2, 0) is 21.7 Å². The van der Waals surface area contributed by atoms with E-state index in [0.29, 0.717) is 0 Å². The van der Waals surface area contributed by atoms with Gasteiger partial charge in [0.05, 0.1) is 0 Å². The van der Waals surface area contributed by atoms with Gasteiger partial charge in [0, 0.05) is 14.2 Å². The van der Waals surface area contributed by atoms with Crippen LogP contribution in [0.4, 0.5) is 0 Å². The zero-order chi connectivity index (χ0) is 10.2. The molecule has 14 heavy (non-hydrogen) atoms. The van der Waals surface area contributed by atoms with E-state index in [2.05, 4.69) is 19.2 Å². The van der Waals surface area contributed by atoms with Crippen molar-refractivity contribution in [3.8, 4) is 0 Å². The minimum Gasteiger partial charge on any atom is -0.400 e. The second kappa shape index (κ2) is 49.6. The van der Waals surface area contributed by atoms with Crippen LogP contribution < -0.4 is 5.32 Å². The summed E-state index contributed by atoms with van der Waals surface area (Å²) < 4.78 is 0. The Kier molecular flexibility index (Phi) is 104. The van der Waals surface area contributed by atoms with Crippen molar-refractivity contribution >= 4 is 0 Å². The number of aliphatic hydroxyl groups excluding tert-OH is 2. The number of rotatable bonds is 5. The van der Waals surface area contributed by atoms with E-state index in [0.717, 1.165) is 33.7 Å². The third-order valence-corrected chi connectivity index (χ3v) is 1.06. The number of unbranched alkanes of at least 4 members (excludes halogenated alkanes) is 1. The molecule has 0 heterocycles. The molecule has 0 fully saturated rings. The third kappa shape index (κ3) is 54.1. The maximum absolute atomic E-state index is 7.00. The normalized spacial score (nSPS) is 6.43. The molecule has 0 aliphatic rings. The molecule has 0 aromatic carbocycles. The Bertz CT molecular complexity index is 43.1. The van der Waals surface area contributed by atoms with Gasteiger partial charge in [0.2, 0.25) is 0 Å². The summed E-state index contributed by atoms with van der Waals surface area (Å²) in [6, 6.07) is 0. The molecular weight excluding hydrogens is 214 g/mol. The SMILES string of the molecule is CO.CO.[CH2-]CCNCCCC.[CH3-].[Ti+2]. The second-order valence-corrected chi connectivity index (χ2v) is 1.96. The summed E-state index contributed by atoms with van der Waals surface area (Å²) in [4.78, 5) is 0. The first-order valence-corrected chi connectivity index (χ1v) is 4.31. The Balaban J connectivity index is -0.0000000400. The van der Waals surface area contributed by atoms with E-state index in [9.17, 15) is 0 Å². The molecular formula is C10H27NO2Ti. The van der Waals surface area contributed by atoms with Crippen molar-refractivity contribution in [1.29, 1.82) is 0 Å². The minimum atomic E-state index is 0. The molecule has 0 aromatic heterocycles. The van der Waals surface area contributed by atoms with Crippen LogP contribution in [0.3, 0.4) is 0 Å². The zero-order valence-electron chi connectivity index (χ0n) is 10.1. The molecule has 3 N–H and O–H groups in total. The molecule has 3 nitrogen and oxygen atoms in total. The molecule has 88 valence electrons. The summed E-state index contributed by atoms with van der Waals surface area (Å²) >= 11 is 0. The van der Waals surface area contributed by atoms with Crippen LogP contribution in [0, 0.1) is 14.4 Å². The largest absolute Gasteiger partial charge is 2.00 e. The van der Waals surface area contributed by atoms with Crippen molar-refractivity contribution in [2.45, 2.75) is 26.2 Å².